The highest BCUT2D eigenvalue weighted by molar-refractivity contribution is 9.10. The van der Waals surface area contributed by atoms with E-state index in [1.54, 1.807) is 37.1 Å². The molecule has 0 aliphatic heterocycles. The Morgan fingerprint density at radius 1 is 1.30 bits per heavy atom. The molecule has 0 fully saturated rings. The maximum atomic E-state index is 12.8. The molecule has 3 aromatic heterocycles. The van der Waals surface area contributed by atoms with E-state index in [9.17, 15) is 13.2 Å². The Bertz CT molecular complexity index is 857. The van der Waals surface area contributed by atoms with Gasteiger partial charge in [-0.1, -0.05) is 0 Å². The van der Waals surface area contributed by atoms with Crippen molar-refractivity contribution in [2.24, 2.45) is 0 Å². The van der Waals surface area contributed by atoms with Crippen molar-refractivity contribution in [3.8, 4) is 0 Å². The maximum Gasteiger partial charge on any atom is 0.453 e. The Morgan fingerprint density at radius 2 is 2.04 bits per heavy atom. The molecule has 0 amide bonds. The number of hydrogen-bond donors (Lipinski definition) is 0. The zero-order chi connectivity index (χ0) is 16.8. The van der Waals surface area contributed by atoms with E-state index < -0.39 is 12.0 Å². The molecule has 0 unspecified atom stereocenters. The highest BCUT2D eigenvalue weighted by atomic mass is 79.9. The summed E-state index contributed by atoms with van der Waals surface area (Å²) < 4.78 is 45.5. The fourth-order valence-corrected chi connectivity index (χ4v) is 2.45. The molecule has 3 aromatic rings. The summed E-state index contributed by atoms with van der Waals surface area (Å²) in [5.74, 6) is -0.230. The highest BCUT2D eigenvalue weighted by Gasteiger charge is 2.37. The number of aryl methyl sites for hydroxylation is 1. The standard InChI is InChI=1S/C13H11BrF3N5O/c1-7-5-10(21(2)6-8-3-4-9(14)23-8)22-12(18-7)19-11(20-22)13(15,16)17/h3-5H,6H2,1-2H3. The van der Waals surface area contributed by atoms with E-state index >= 15 is 0 Å². The number of rotatable bonds is 3. The van der Waals surface area contributed by atoms with Crippen LogP contribution in [-0.2, 0) is 12.7 Å². The van der Waals surface area contributed by atoms with Gasteiger partial charge in [0.15, 0.2) is 4.67 Å². The largest absolute Gasteiger partial charge is 0.453 e. The Labute approximate surface area is 137 Å². The minimum atomic E-state index is -4.62. The van der Waals surface area contributed by atoms with Gasteiger partial charge in [-0.2, -0.15) is 22.7 Å². The van der Waals surface area contributed by atoms with Gasteiger partial charge in [0.1, 0.15) is 11.6 Å². The SMILES string of the molecule is Cc1cc(N(C)Cc2ccc(Br)o2)n2nc(C(F)(F)F)nc2n1. The van der Waals surface area contributed by atoms with E-state index in [1.807, 2.05) is 0 Å². The van der Waals surface area contributed by atoms with Gasteiger partial charge in [0.25, 0.3) is 11.6 Å². The van der Waals surface area contributed by atoms with Gasteiger partial charge in [-0.25, -0.2) is 4.98 Å². The molecule has 0 saturated heterocycles. The number of furan rings is 1. The van der Waals surface area contributed by atoms with Gasteiger partial charge < -0.3 is 9.32 Å². The molecule has 3 rings (SSSR count). The summed E-state index contributed by atoms with van der Waals surface area (Å²) >= 11 is 3.21. The zero-order valence-electron chi connectivity index (χ0n) is 12.1. The zero-order valence-corrected chi connectivity index (χ0v) is 13.7. The minimum Gasteiger partial charge on any atom is -0.452 e. The molecule has 0 aliphatic carbocycles. The third kappa shape index (κ3) is 3.16. The Hall–Kier alpha value is -2.10. The molecule has 0 saturated carbocycles. The van der Waals surface area contributed by atoms with Crippen molar-refractivity contribution in [2.75, 3.05) is 11.9 Å². The summed E-state index contributed by atoms with van der Waals surface area (Å²) in [4.78, 5) is 9.16. The summed E-state index contributed by atoms with van der Waals surface area (Å²) in [7, 11) is 1.72. The third-order valence-electron chi connectivity index (χ3n) is 3.09. The molecule has 3 heterocycles. The fraction of sp³-hybridized carbons (Fsp3) is 0.308. The summed E-state index contributed by atoms with van der Waals surface area (Å²) in [6, 6.07) is 5.15. The second-order valence-electron chi connectivity index (χ2n) is 4.96. The summed E-state index contributed by atoms with van der Waals surface area (Å²) in [6.45, 7) is 2.04. The van der Waals surface area contributed by atoms with Gasteiger partial charge in [0.2, 0.25) is 0 Å². The number of halogens is 4. The number of nitrogens with zero attached hydrogens (tertiary/aromatic N) is 5. The van der Waals surface area contributed by atoms with Crippen LogP contribution in [0.3, 0.4) is 0 Å². The molecular weight excluding hydrogens is 379 g/mol. The van der Waals surface area contributed by atoms with E-state index in [0.717, 1.165) is 4.52 Å². The van der Waals surface area contributed by atoms with Gasteiger partial charge in [-0.05, 0) is 35.0 Å². The van der Waals surface area contributed by atoms with Gasteiger partial charge in [-0.15, -0.1) is 5.10 Å². The molecule has 0 N–H and O–H groups in total. The summed E-state index contributed by atoms with van der Waals surface area (Å²) in [6.07, 6.45) is -4.62. The first-order valence-corrected chi connectivity index (χ1v) is 7.30. The van der Waals surface area contributed by atoms with Crippen LogP contribution >= 0.6 is 15.9 Å². The van der Waals surface area contributed by atoms with Crippen LogP contribution in [0.5, 0.6) is 0 Å². The van der Waals surface area contributed by atoms with E-state index in [2.05, 4.69) is 31.0 Å². The molecule has 6 nitrogen and oxygen atoms in total. The van der Waals surface area contributed by atoms with Crippen LogP contribution in [0.1, 0.15) is 17.3 Å². The average Bonchev–Trinajstić information content (AvgIpc) is 3.03. The molecule has 0 bridgehead atoms. The smallest absolute Gasteiger partial charge is 0.452 e. The molecule has 0 spiro atoms. The molecule has 23 heavy (non-hydrogen) atoms. The van der Waals surface area contributed by atoms with Crippen molar-refractivity contribution >= 4 is 27.5 Å². The average molecular weight is 390 g/mol. The predicted octanol–water partition coefficient (Wildman–Crippen LogP) is 3.44. The molecule has 0 aliphatic rings. The lowest BCUT2D eigenvalue weighted by Crippen LogP contribution is -2.20. The van der Waals surface area contributed by atoms with E-state index in [4.69, 9.17) is 4.42 Å². The molecule has 122 valence electrons. The van der Waals surface area contributed by atoms with Crippen molar-refractivity contribution in [2.45, 2.75) is 19.6 Å². The Balaban J connectivity index is 2.03. The summed E-state index contributed by atoms with van der Waals surface area (Å²) in [5.41, 5.74) is 0.543. The lowest BCUT2D eigenvalue weighted by molar-refractivity contribution is -0.144. The van der Waals surface area contributed by atoms with Crippen LogP contribution in [-0.4, -0.2) is 26.6 Å². The number of alkyl halides is 3. The number of anilines is 1. The first-order valence-electron chi connectivity index (χ1n) is 6.51. The molecule has 0 radical (unpaired) electrons. The lowest BCUT2D eigenvalue weighted by atomic mass is 10.3. The van der Waals surface area contributed by atoms with Crippen molar-refractivity contribution in [3.05, 3.63) is 40.1 Å². The Morgan fingerprint density at radius 3 is 2.65 bits per heavy atom. The molecule has 0 atom stereocenters. The second-order valence-corrected chi connectivity index (χ2v) is 5.74. The summed E-state index contributed by atoms with van der Waals surface area (Å²) in [5, 5.41) is 3.53. The van der Waals surface area contributed by atoms with Gasteiger partial charge >= 0.3 is 6.18 Å². The second kappa shape index (κ2) is 5.52. The number of hydrogen-bond acceptors (Lipinski definition) is 5. The van der Waals surface area contributed by atoms with Crippen LogP contribution < -0.4 is 4.90 Å². The van der Waals surface area contributed by atoms with Gasteiger partial charge in [-0.3, -0.25) is 0 Å². The van der Waals surface area contributed by atoms with Crippen LogP contribution in [0, 0.1) is 6.92 Å². The topological polar surface area (TPSA) is 59.5 Å². The van der Waals surface area contributed by atoms with Crippen LogP contribution in [0.25, 0.3) is 5.78 Å². The van der Waals surface area contributed by atoms with Crippen LogP contribution in [0.4, 0.5) is 19.0 Å². The Kier molecular flexibility index (Phi) is 3.78. The van der Waals surface area contributed by atoms with Gasteiger partial charge in [0, 0.05) is 18.8 Å². The van der Waals surface area contributed by atoms with E-state index in [0.29, 0.717) is 28.5 Å². The van der Waals surface area contributed by atoms with Gasteiger partial charge in [0.05, 0.1) is 6.54 Å². The van der Waals surface area contributed by atoms with Crippen molar-refractivity contribution in [1.82, 2.24) is 19.6 Å². The van der Waals surface area contributed by atoms with Crippen molar-refractivity contribution in [1.29, 1.82) is 0 Å². The van der Waals surface area contributed by atoms with Crippen molar-refractivity contribution in [3.63, 3.8) is 0 Å². The number of aromatic nitrogens is 4. The monoisotopic (exact) mass is 389 g/mol. The molecule has 10 heteroatoms. The fourth-order valence-electron chi connectivity index (χ4n) is 2.11. The van der Waals surface area contributed by atoms with E-state index in [1.165, 1.54) is 0 Å². The highest BCUT2D eigenvalue weighted by Crippen LogP contribution is 2.28. The van der Waals surface area contributed by atoms with Crippen LogP contribution in [0.15, 0.2) is 27.3 Å². The maximum absolute atomic E-state index is 12.8. The van der Waals surface area contributed by atoms with E-state index in [-0.39, 0.29) is 5.78 Å². The first kappa shape index (κ1) is 15.8. The third-order valence-corrected chi connectivity index (χ3v) is 3.51. The number of fused-ring (bicyclic) bond motifs is 1. The van der Waals surface area contributed by atoms with Crippen molar-refractivity contribution < 1.29 is 17.6 Å². The van der Waals surface area contributed by atoms with Crippen LogP contribution in [0.2, 0.25) is 0 Å². The molecule has 0 aromatic carbocycles. The quantitative estimate of drug-likeness (QED) is 0.686. The molecular formula is C13H11BrF3N5O. The minimum absolute atomic E-state index is 0.0974. The lowest BCUT2D eigenvalue weighted by Gasteiger charge is -2.18. The first-order chi connectivity index (χ1) is 10.7. The normalized spacial score (nSPS) is 12.1. The predicted molar refractivity (Wildman–Crippen MR) is 79.0 cm³/mol.